The first kappa shape index (κ1) is 19.7. The molecule has 0 atom stereocenters. The van der Waals surface area contributed by atoms with Crippen LogP contribution in [0, 0.1) is 0 Å². The van der Waals surface area contributed by atoms with Gasteiger partial charge in [-0.2, -0.15) is 0 Å². The van der Waals surface area contributed by atoms with Crippen LogP contribution < -0.4 is 11.2 Å². The summed E-state index contributed by atoms with van der Waals surface area (Å²) in [5, 5.41) is 2.02. The predicted octanol–water partition coefficient (Wildman–Crippen LogP) is 2.14. The Hall–Kier alpha value is -2.64. The first-order valence-corrected chi connectivity index (χ1v) is 9.68. The van der Waals surface area contributed by atoms with Gasteiger partial charge in [-0.1, -0.05) is 30.8 Å². The molecule has 0 unspecified atom stereocenters. The van der Waals surface area contributed by atoms with Crippen LogP contribution in [0.1, 0.15) is 43.6 Å². The maximum atomic E-state index is 12.8. The lowest BCUT2D eigenvalue weighted by Crippen LogP contribution is -2.41. The van der Waals surface area contributed by atoms with E-state index in [4.69, 9.17) is 15.0 Å². The molecule has 2 N–H and O–H groups in total. The van der Waals surface area contributed by atoms with E-state index < -0.39 is 24.2 Å². The molecule has 0 aliphatic carbocycles. The third-order valence-electron chi connectivity index (χ3n) is 6.28. The van der Waals surface area contributed by atoms with E-state index in [0.29, 0.717) is 12.1 Å². The largest absolute Gasteiger partial charge is 0.494 e. The second-order valence-electron chi connectivity index (χ2n) is 8.79. The highest BCUT2D eigenvalue weighted by atomic mass is 16.7. The summed E-state index contributed by atoms with van der Waals surface area (Å²) in [6.45, 7) is 12.3. The number of benzene rings is 2. The zero-order chi connectivity index (χ0) is 21.1. The molecule has 2 aliphatic rings. The topological polar surface area (TPSA) is 81.9 Å². The van der Waals surface area contributed by atoms with Crippen molar-refractivity contribution < 1.29 is 18.9 Å². The summed E-state index contributed by atoms with van der Waals surface area (Å²) >= 11 is 0. The monoisotopic (exact) mass is 392 g/mol. The minimum Gasteiger partial charge on any atom is -0.399 e. The molecule has 150 valence electrons. The van der Waals surface area contributed by atoms with E-state index >= 15 is 0 Å². The number of amides is 2. The molecule has 4 rings (SSSR count). The Kier molecular flexibility index (Phi) is 4.37. The van der Waals surface area contributed by atoms with Crippen LogP contribution in [0.3, 0.4) is 0 Å². The average molecular weight is 392 g/mol. The summed E-state index contributed by atoms with van der Waals surface area (Å²) < 4.78 is 12.4. The number of hydrogen-bond donors (Lipinski definition) is 1. The molecule has 0 radical (unpaired) electrons. The maximum Gasteiger partial charge on any atom is 0.494 e. The standard InChI is InChI=1S/C22H25BN2O4/c1-13(19(24)26)11-25-12-18-16(20(25)27)9-7-14-6-8-15(10-17(14)18)23-28-21(2,3)22(4,5)29-23/h6-10H,1,11-12H2,2-5H3,(H2,24,26). The highest BCUT2D eigenvalue weighted by Crippen LogP contribution is 2.37. The molecular formula is C22H25BN2O4. The number of nitrogens with two attached hydrogens (primary N) is 1. The van der Waals surface area contributed by atoms with Crippen LogP contribution in [0.5, 0.6) is 0 Å². The minimum absolute atomic E-state index is 0.120. The van der Waals surface area contributed by atoms with E-state index in [2.05, 4.69) is 6.58 Å². The predicted molar refractivity (Wildman–Crippen MR) is 113 cm³/mol. The van der Waals surface area contributed by atoms with Gasteiger partial charge >= 0.3 is 7.12 Å². The van der Waals surface area contributed by atoms with Gasteiger partial charge in [-0.15, -0.1) is 0 Å². The van der Waals surface area contributed by atoms with Crippen molar-refractivity contribution in [2.24, 2.45) is 5.73 Å². The van der Waals surface area contributed by atoms with E-state index in [1.54, 1.807) is 4.90 Å². The number of fused-ring (bicyclic) bond motifs is 3. The quantitative estimate of drug-likeness (QED) is 0.639. The van der Waals surface area contributed by atoms with Crippen molar-refractivity contribution in [2.75, 3.05) is 6.54 Å². The third-order valence-corrected chi connectivity index (χ3v) is 6.28. The van der Waals surface area contributed by atoms with Crippen LogP contribution in [0.15, 0.2) is 42.5 Å². The van der Waals surface area contributed by atoms with Gasteiger partial charge in [-0.25, -0.2) is 0 Å². The summed E-state index contributed by atoms with van der Waals surface area (Å²) in [4.78, 5) is 25.7. The fraction of sp³-hybridized carbons (Fsp3) is 0.364. The van der Waals surface area contributed by atoms with Crippen molar-refractivity contribution in [2.45, 2.75) is 45.4 Å². The van der Waals surface area contributed by atoms with Gasteiger partial charge in [0.15, 0.2) is 0 Å². The van der Waals surface area contributed by atoms with Crippen LogP contribution in [-0.4, -0.2) is 41.6 Å². The van der Waals surface area contributed by atoms with E-state index in [-0.39, 0.29) is 18.0 Å². The number of carbonyl (C=O) groups excluding carboxylic acids is 2. The van der Waals surface area contributed by atoms with Crippen LogP contribution in [0.2, 0.25) is 0 Å². The van der Waals surface area contributed by atoms with Crippen molar-refractivity contribution in [3.05, 3.63) is 53.6 Å². The molecule has 0 spiro atoms. The molecule has 2 amide bonds. The van der Waals surface area contributed by atoms with E-state index in [0.717, 1.165) is 21.8 Å². The third kappa shape index (κ3) is 3.14. The van der Waals surface area contributed by atoms with E-state index in [1.807, 2.05) is 58.0 Å². The molecule has 2 aromatic carbocycles. The molecular weight excluding hydrogens is 367 g/mol. The van der Waals surface area contributed by atoms with Gasteiger partial charge in [0, 0.05) is 17.7 Å². The summed E-state index contributed by atoms with van der Waals surface area (Å²) in [6.07, 6.45) is 0. The van der Waals surface area contributed by atoms with Gasteiger partial charge in [0.25, 0.3) is 5.91 Å². The lowest BCUT2D eigenvalue weighted by atomic mass is 9.77. The van der Waals surface area contributed by atoms with E-state index in [1.165, 1.54) is 0 Å². The maximum absolute atomic E-state index is 12.8. The van der Waals surface area contributed by atoms with Crippen molar-refractivity contribution in [1.29, 1.82) is 0 Å². The summed E-state index contributed by atoms with van der Waals surface area (Å²) in [7, 11) is -0.469. The Morgan fingerprint density at radius 1 is 1.17 bits per heavy atom. The van der Waals surface area contributed by atoms with Gasteiger partial charge in [-0.3, -0.25) is 9.59 Å². The molecule has 2 heterocycles. The average Bonchev–Trinajstić information content (AvgIpc) is 3.07. The molecule has 0 aromatic heterocycles. The molecule has 6 nitrogen and oxygen atoms in total. The summed E-state index contributed by atoms with van der Waals surface area (Å²) in [5.74, 6) is -0.716. The fourth-order valence-corrected chi connectivity index (χ4v) is 3.76. The normalized spacial score (nSPS) is 19.7. The van der Waals surface area contributed by atoms with Crippen LogP contribution in [0.25, 0.3) is 10.8 Å². The number of primary amides is 1. The lowest BCUT2D eigenvalue weighted by Gasteiger charge is -2.32. The van der Waals surface area contributed by atoms with E-state index in [9.17, 15) is 9.59 Å². The Morgan fingerprint density at radius 2 is 1.79 bits per heavy atom. The van der Waals surface area contributed by atoms with Crippen LogP contribution >= 0.6 is 0 Å². The molecule has 1 saturated heterocycles. The van der Waals surface area contributed by atoms with Crippen LogP contribution in [0.4, 0.5) is 0 Å². The number of rotatable bonds is 4. The number of carbonyl (C=O) groups is 2. The van der Waals surface area contributed by atoms with Crippen molar-refractivity contribution >= 4 is 35.2 Å². The SMILES string of the molecule is C=C(CN1Cc2c(ccc3ccc(B4OC(C)(C)C(C)(C)O4)cc23)C1=O)C(N)=O. The minimum atomic E-state index is -0.596. The second kappa shape index (κ2) is 6.44. The Balaban J connectivity index is 1.70. The van der Waals surface area contributed by atoms with Gasteiger partial charge in [0.05, 0.1) is 17.7 Å². The molecule has 7 heteroatoms. The zero-order valence-corrected chi connectivity index (χ0v) is 17.2. The second-order valence-corrected chi connectivity index (χ2v) is 8.79. The van der Waals surface area contributed by atoms with Gasteiger partial charge < -0.3 is 19.9 Å². The highest BCUT2D eigenvalue weighted by molar-refractivity contribution is 6.62. The Bertz CT molecular complexity index is 1040. The molecule has 0 bridgehead atoms. The first-order chi connectivity index (χ1) is 13.5. The van der Waals surface area contributed by atoms with Gasteiger partial charge in [0.2, 0.25) is 5.91 Å². The Morgan fingerprint density at radius 3 is 2.41 bits per heavy atom. The van der Waals surface area contributed by atoms with Crippen molar-refractivity contribution in [3.8, 4) is 0 Å². The van der Waals surface area contributed by atoms with Crippen molar-refractivity contribution in [1.82, 2.24) is 4.90 Å². The number of nitrogens with zero attached hydrogens (tertiary/aromatic N) is 1. The Labute approximate surface area is 170 Å². The zero-order valence-electron chi connectivity index (χ0n) is 17.2. The summed E-state index contributed by atoms with van der Waals surface area (Å²) in [5.41, 5.74) is 7.14. The fourth-order valence-electron chi connectivity index (χ4n) is 3.76. The highest BCUT2D eigenvalue weighted by Gasteiger charge is 2.51. The first-order valence-electron chi connectivity index (χ1n) is 9.68. The smallest absolute Gasteiger partial charge is 0.399 e. The van der Waals surface area contributed by atoms with Crippen LogP contribution in [-0.2, 0) is 20.6 Å². The molecule has 0 saturated carbocycles. The van der Waals surface area contributed by atoms with Crippen molar-refractivity contribution in [3.63, 3.8) is 0 Å². The summed E-state index contributed by atoms with van der Waals surface area (Å²) in [6, 6.07) is 9.83. The van der Waals surface area contributed by atoms with Gasteiger partial charge in [-0.05, 0) is 55.6 Å². The van der Waals surface area contributed by atoms with Gasteiger partial charge in [0.1, 0.15) is 0 Å². The molecule has 2 aromatic rings. The molecule has 2 aliphatic heterocycles. The molecule has 29 heavy (non-hydrogen) atoms. The number of hydrogen-bond acceptors (Lipinski definition) is 4. The lowest BCUT2D eigenvalue weighted by molar-refractivity contribution is -0.114. The molecule has 1 fully saturated rings.